The first-order valence-electron chi connectivity index (χ1n) is 6.34. The maximum absolute atomic E-state index is 12.0. The Morgan fingerprint density at radius 1 is 1.44 bits per heavy atom. The van der Waals surface area contributed by atoms with Crippen LogP contribution >= 0.6 is 11.8 Å². The number of amides is 1. The molecule has 1 heterocycles. The quantitative estimate of drug-likeness (QED) is 0.876. The molecular formula is C14H20N2OS. The Labute approximate surface area is 113 Å². The van der Waals surface area contributed by atoms with Crippen LogP contribution in [0.5, 0.6) is 0 Å². The summed E-state index contributed by atoms with van der Waals surface area (Å²) < 4.78 is 0.215. The topological polar surface area (TPSA) is 55.1 Å². The summed E-state index contributed by atoms with van der Waals surface area (Å²) in [7, 11) is 0. The molecule has 1 aliphatic rings. The molecule has 18 heavy (non-hydrogen) atoms. The van der Waals surface area contributed by atoms with Gasteiger partial charge in [-0.2, -0.15) is 11.8 Å². The molecule has 1 unspecified atom stereocenters. The predicted molar refractivity (Wildman–Crippen MR) is 76.8 cm³/mol. The van der Waals surface area contributed by atoms with E-state index in [1.165, 1.54) is 18.6 Å². The van der Waals surface area contributed by atoms with Gasteiger partial charge in [0.1, 0.15) is 0 Å². The predicted octanol–water partition coefficient (Wildman–Crippen LogP) is 2.16. The second-order valence-corrected chi connectivity index (χ2v) is 6.67. The van der Waals surface area contributed by atoms with Gasteiger partial charge in [0.25, 0.3) is 5.91 Å². The largest absolute Gasteiger partial charge is 0.351 e. The molecule has 1 saturated heterocycles. The van der Waals surface area contributed by atoms with E-state index in [0.29, 0.717) is 12.1 Å². The minimum absolute atomic E-state index is 0.00676. The van der Waals surface area contributed by atoms with Crippen LogP contribution in [0.2, 0.25) is 0 Å². The highest BCUT2D eigenvalue weighted by Gasteiger charge is 2.29. The fraction of sp³-hybridized carbons (Fsp3) is 0.500. The smallest absolute Gasteiger partial charge is 0.251 e. The highest BCUT2D eigenvalue weighted by Crippen LogP contribution is 2.36. The Morgan fingerprint density at radius 3 is 2.72 bits per heavy atom. The van der Waals surface area contributed by atoms with Crippen molar-refractivity contribution in [3.05, 3.63) is 35.4 Å². The zero-order chi connectivity index (χ0) is 13.0. The van der Waals surface area contributed by atoms with Crippen molar-refractivity contribution in [2.45, 2.75) is 31.1 Å². The first kappa shape index (κ1) is 13.4. The van der Waals surface area contributed by atoms with Crippen molar-refractivity contribution in [3.8, 4) is 0 Å². The third kappa shape index (κ3) is 3.27. The van der Waals surface area contributed by atoms with E-state index in [2.05, 4.69) is 12.2 Å². The van der Waals surface area contributed by atoms with Gasteiger partial charge in [0, 0.05) is 23.4 Å². The van der Waals surface area contributed by atoms with E-state index in [0.717, 1.165) is 12.1 Å². The van der Waals surface area contributed by atoms with Crippen LogP contribution in [-0.4, -0.2) is 23.0 Å². The van der Waals surface area contributed by atoms with Crippen molar-refractivity contribution in [3.63, 3.8) is 0 Å². The van der Waals surface area contributed by atoms with Gasteiger partial charge >= 0.3 is 0 Å². The fourth-order valence-electron chi connectivity index (χ4n) is 2.14. The van der Waals surface area contributed by atoms with Crippen LogP contribution < -0.4 is 11.1 Å². The number of rotatable bonds is 4. The molecule has 1 aromatic rings. The molecule has 0 spiro atoms. The molecule has 0 saturated carbocycles. The molecule has 98 valence electrons. The van der Waals surface area contributed by atoms with Crippen molar-refractivity contribution in [1.29, 1.82) is 0 Å². The molecule has 4 heteroatoms. The van der Waals surface area contributed by atoms with Crippen LogP contribution in [0, 0.1) is 0 Å². The van der Waals surface area contributed by atoms with Gasteiger partial charge in [0.15, 0.2) is 0 Å². The normalized spacial score (nSPS) is 23.0. The monoisotopic (exact) mass is 264 g/mol. The van der Waals surface area contributed by atoms with Crippen LogP contribution in [0.1, 0.15) is 35.7 Å². The van der Waals surface area contributed by atoms with Gasteiger partial charge < -0.3 is 11.1 Å². The molecule has 2 rings (SSSR count). The fourth-order valence-corrected chi connectivity index (χ4v) is 3.38. The number of hydrogen-bond donors (Lipinski definition) is 2. The van der Waals surface area contributed by atoms with E-state index in [4.69, 9.17) is 5.73 Å². The summed E-state index contributed by atoms with van der Waals surface area (Å²) in [6, 6.07) is 7.48. The summed E-state index contributed by atoms with van der Waals surface area (Å²) in [5, 5.41) is 3.03. The van der Waals surface area contributed by atoms with Crippen LogP contribution in [0.25, 0.3) is 0 Å². The van der Waals surface area contributed by atoms with E-state index in [1.54, 1.807) is 0 Å². The maximum Gasteiger partial charge on any atom is 0.251 e. The third-order valence-corrected chi connectivity index (χ3v) is 4.91. The lowest BCUT2D eigenvalue weighted by Crippen LogP contribution is -2.36. The Morgan fingerprint density at radius 2 is 2.17 bits per heavy atom. The number of benzene rings is 1. The van der Waals surface area contributed by atoms with Crippen LogP contribution in [0.4, 0.5) is 0 Å². The highest BCUT2D eigenvalue weighted by molar-refractivity contribution is 8.00. The summed E-state index contributed by atoms with van der Waals surface area (Å²) in [5.74, 6) is 1.21. The third-order valence-electron chi connectivity index (χ3n) is 3.38. The first-order chi connectivity index (χ1) is 8.63. The minimum atomic E-state index is 0.00676. The molecule has 0 aliphatic carbocycles. The summed E-state index contributed by atoms with van der Waals surface area (Å²) in [5.41, 5.74) is 7.28. The molecular weight excluding hydrogens is 244 g/mol. The maximum atomic E-state index is 12.0. The van der Waals surface area contributed by atoms with Crippen molar-refractivity contribution in [1.82, 2.24) is 5.32 Å². The molecule has 0 aromatic heterocycles. The molecule has 1 aliphatic heterocycles. The number of carbonyl (C=O) groups is 1. The second-order valence-electron chi connectivity index (χ2n) is 4.99. The van der Waals surface area contributed by atoms with Crippen LogP contribution in [0.15, 0.2) is 24.3 Å². The lowest BCUT2D eigenvalue weighted by molar-refractivity contribution is 0.0950. The molecule has 0 bridgehead atoms. The summed E-state index contributed by atoms with van der Waals surface area (Å²) in [6.45, 7) is 3.48. The van der Waals surface area contributed by atoms with E-state index in [9.17, 15) is 4.79 Å². The first-order valence-corrected chi connectivity index (χ1v) is 7.33. The van der Waals surface area contributed by atoms with Crippen LogP contribution in [0.3, 0.4) is 0 Å². The number of carbonyl (C=O) groups excluding carboxylic acids is 1. The van der Waals surface area contributed by atoms with Crippen molar-refractivity contribution in [2.24, 2.45) is 5.73 Å². The van der Waals surface area contributed by atoms with Gasteiger partial charge in [-0.1, -0.05) is 12.1 Å². The number of thioether (sulfide) groups is 1. The van der Waals surface area contributed by atoms with Crippen molar-refractivity contribution in [2.75, 3.05) is 12.3 Å². The summed E-state index contributed by atoms with van der Waals surface area (Å²) in [6.07, 6.45) is 2.44. The van der Waals surface area contributed by atoms with Gasteiger partial charge in [-0.05, 0) is 43.2 Å². The van der Waals surface area contributed by atoms with Crippen LogP contribution in [-0.2, 0) is 6.54 Å². The van der Waals surface area contributed by atoms with Crippen molar-refractivity contribution < 1.29 is 4.79 Å². The minimum Gasteiger partial charge on any atom is -0.351 e. The lowest BCUT2D eigenvalue weighted by Gasteiger charge is -2.22. The Hall–Kier alpha value is -1.00. The van der Waals surface area contributed by atoms with Gasteiger partial charge in [-0.15, -0.1) is 0 Å². The van der Waals surface area contributed by atoms with E-state index >= 15 is 0 Å². The van der Waals surface area contributed by atoms with E-state index < -0.39 is 0 Å². The molecule has 3 nitrogen and oxygen atoms in total. The van der Waals surface area contributed by atoms with Gasteiger partial charge in [-0.25, -0.2) is 0 Å². The SMILES string of the molecule is CC1(CNC(=O)c2ccc(CN)cc2)CCCS1. The van der Waals surface area contributed by atoms with E-state index in [-0.39, 0.29) is 10.7 Å². The molecule has 1 amide bonds. The average molecular weight is 264 g/mol. The lowest BCUT2D eigenvalue weighted by atomic mass is 10.1. The molecule has 3 N–H and O–H groups in total. The van der Waals surface area contributed by atoms with Gasteiger partial charge in [-0.3, -0.25) is 4.79 Å². The van der Waals surface area contributed by atoms with E-state index in [1.807, 2.05) is 36.0 Å². The molecule has 1 atom stereocenters. The van der Waals surface area contributed by atoms with Gasteiger partial charge in [0.2, 0.25) is 0 Å². The molecule has 0 radical (unpaired) electrons. The summed E-state index contributed by atoms with van der Waals surface area (Å²) in [4.78, 5) is 12.0. The Bertz CT molecular complexity index is 410. The average Bonchev–Trinajstić information content (AvgIpc) is 2.83. The number of nitrogens with one attached hydrogen (secondary N) is 1. The highest BCUT2D eigenvalue weighted by atomic mass is 32.2. The Balaban J connectivity index is 1.90. The van der Waals surface area contributed by atoms with Crippen molar-refractivity contribution >= 4 is 17.7 Å². The zero-order valence-corrected chi connectivity index (χ0v) is 11.6. The second kappa shape index (κ2) is 5.76. The molecule has 1 fully saturated rings. The van der Waals surface area contributed by atoms with Gasteiger partial charge in [0.05, 0.1) is 0 Å². The zero-order valence-electron chi connectivity index (χ0n) is 10.7. The number of nitrogens with two attached hydrogens (primary N) is 1. The number of hydrogen-bond acceptors (Lipinski definition) is 3. The standard InChI is InChI=1S/C14H20N2OS/c1-14(7-2-8-18-14)10-16-13(17)12-5-3-11(9-15)4-6-12/h3-6H,2,7-10,15H2,1H3,(H,16,17). The summed E-state index contributed by atoms with van der Waals surface area (Å²) >= 11 is 1.96. The molecule has 1 aromatic carbocycles. The Kier molecular flexibility index (Phi) is 4.30.